The Morgan fingerprint density at radius 2 is 0.722 bits per heavy atom. The lowest BCUT2D eigenvalue weighted by molar-refractivity contribution is -0.167. The molecule has 0 aliphatic rings. The Morgan fingerprint density at radius 3 is 1.13 bits per heavy atom. The van der Waals surface area contributed by atoms with Gasteiger partial charge < -0.3 is 14.2 Å². The predicted molar refractivity (Wildman–Crippen MR) is 229 cm³/mol. The summed E-state index contributed by atoms with van der Waals surface area (Å²) < 4.78 is 16.7. The van der Waals surface area contributed by atoms with Gasteiger partial charge in [-0.25, -0.2) is 0 Å². The highest BCUT2D eigenvalue weighted by atomic mass is 16.6. The molecule has 6 nitrogen and oxygen atoms in total. The monoisotopic (exact) mass is 759 g/mol. The van der Waals surface area contributed by atoms with Crippen LogP contribution in [-0.4, -0.2) is 37.2 Å². The molecule has 0 N–H and O–H groups in total. The minimum Gasteiger partial charge on any atom is -0.462 e. The lowest BCUT2D eigenvalue weighted by atomic mass is 10.1. The summed E-state index contributed by atoms with van der Waals surface area (Å²) in [5, 5.41) is 0. The van der Waals surface area contributed by atoms with Crippen molar-refractivity contribution in [2.45, 2.75) is 239 Å². The second kappa shape index (κ2) is 43.4. The van der Waals surface area contributed by atoms with Crippen molar-refractivity contribution in [2.75, 3.05) is 13.2 Å². The molecule has 0 fully saturated rings. The topological polar surface area (TPSA) is 78.9 Å². The molecule has 0 aromatic rings. The zero-order valence-electron chi connectivity index (χ0n) is 35.7. The van der Waals surface area contributed by atoms with Crippen molar-refractivity contribution in [1.29, 1.82) is 0 Å². The highest BCUT2D eigenvalue weighted by Crippen LogP contribution is 2.15. The first-order chi connectivity index (χ1) is 26.5. The van der Waals surface area contributed by atoms with Crippen molar-refractivity contribution in [2.24, 2.45) is 0 Å². The number of esters is 3. The highest BCUT2D eigenvalue weighted by molar-refractivity contribution is 5.71. The van der Waals surface area contributed by atoms with Gasteiger partial charge in [-0.3, -0.25) is 14.4 Å². The van der Waals surface area contributed by atoms with Crippen LogP contribution in [0.3, 0.4) is 0 Å². The van der Waals surface area contributed by atoms with E-state index in [4.69, 9.17) is 14.2 Å². The predicted octanol–water partition coefficient (Wildman–Crippen LogP) is 14.6. The quantitative estimate of drug-likeness (QED) is 0.0267. The summed E-state index contributed by atoms with van der Waals surface area (Å²) in [5.74, 6) is -0.884. The van der Waals surface area contributed by atoms with Crippen molar-refractivity contribution in [3.05, 3.63) is 36.5 Å². The molecule has 0 aromatic heterocycles. The standard InChI is InChI=1S/C48H86O6/c1-4-7-10-13-16-19-21-22-23-24-25-26-28-29-32-35-38-41-47(50)53-44-45(43-52-46(49)40-37-34-31-18-15-12-9-6-3)54-48(51)42-39-36-33-30-27-20-17-14-11-8-5-2/h7,10,16,19,22-23,45H,4-6,8-9,11-15,17-18,20-21,24-44H2,1-3H3/b10-7-,19-16-,23-22-. The van der Waals surface area contributed by atoms with Gasteiger partial charge in [-0.15, -0.1) is 0 Å². The fourth-order valence-electron chi connectivity index (χ4n) is 6.46. The molecule has 1 atom stereocenters. The van der Waals surface area contributed by atoms with E-state index in [2.05, 4.69) is 57.2 Å². The Labute approximate surface area is 334 Å². The first-order valence-corrected chi connectivity index (χ1v) is 23.0. The summed E-state index contributed by atoms with van der Waals surface area (Å²) in [6, 6.07) is 0. The molecule has 0 radical (unpaired) electrons. The van der Waals surface area contributed by atoms with Gasteiger partial charge in [-0.2, -0.15) is 0 Å². The molecular weight excluding hydrogens is 673 g/mol. The molecule has 0 rings (SSSR count). The molecule has 0 spiro atoms. The zero-order valence-corrected chi connectivity index (χ0v) is 35.7. The molecule has 0 aliphatic carbocycles. The van der Waals surface area contributed by atoms with Crippen molar-refractivity contribution < 1.29 is 28.6 Å². The fourth-order valence-corrected chi connectivity index (χ4v) is 6.46. The minimum atomic E-state index is -0.768. The van der Waals surface area contributed by atoms with E-state index < -0.39 is 6.10 Å². The van der Waals surface area contributed by atoms with Crippen molar-refractivity contribution in [3.63, 3.8) is 0 Å². The molecule has 0 aromatic carbocycles. The van der Waals surface area contributed by atoms with Gasteiger partial charge in [0.25, 0.3) is 0 Å². The largest absolute Gasteiger partial charge is 0.462 e. The summed E-state index contributed by atoms with van der Waals surface area (Å²) in [4.78, 5) is 37.6. The van der Waals surface area contributed by atoms with Gasteiger partial charge >= 0.3 is 17.9 Å². The number of allylic oxidation sites excluding steroid dienone is 6. The van der Waals surface area contributed by atoms with E-state index in [1.807, 2.05) is 0 Å². The zero-order chi connectivity index (χ0) is 39.4. The van der Waals surface area contributed by atoms with Gasteiger partial charge in [-0.05, 0) is 51.4 Å². The SMILES string of the molecule is CC/C=C\C/C=C\C/C=C\CCCCCCCCCC(=O)OCC(COC(=O)CCCCCCCCCC)OC(=O)CCCCCCCCCCCCC. The Hall–Kier alpha value is -2.37. The van der Waals surface area contributed by atoms with Crippen LogP contribution in [0.25, 0.3) is 0 Å². The third-order valence-corrected chi connectivity index (χ3v) is 9.91. The summed E-state index contributed by atoms with van der Waals surface area (Å²) >= 11 is 0. The van der Waals surface area contributed by atoms with Crippen LogP contribution < -0.4 is 0 Å². The molecule has 54 heavy (non-hydrogen) atoms. The van der Waals surface area contributed by atoms with Crippen LogP contribution in [0.1, 0.15) is 233 Å². The van der Waals surface area contributed by atoms with E-state index in [9.17, 15) is 14.4 Å². The maximum absolute atomic E-state index is 12.7. The molecular formula is C48H86O6. The third-order valence-electron chi connectivity index (χ3n) is 9.91. The first-order valence-electron chi connectivity index (χ1n) is 23.0. The minimum absolute atomic E-state index is 0.0725. The molecule has 0 saturated heterocycles. The molecule has 314 valence electrons. The normalized spacial score (nSPS) is 12.3. The van der Waals surface area contributed by atoms with Crippen LogP contribution in [0.15, 0.2) is 36.5 Å². The maximum atomic E-state index is 12.7. The Bertz CT molecular complexity index is 922. The van der Waals surface area contributed by atoms with Gasteiger partial charge in [0.05, 0.1) is 0 Å². The lowest BCUT2D eigenvalue weighted by Gasteiger charge is -2.18. The van der Waals surface area contributed by atoms with Crippen LogP contribution in [0.2, 0.25) is 0 Å². The second-order valence-corrected chi connectivity index (χ2v) is 15.3. The Balaban J connectivity index is 4.30. The molecule has 0 amide bonds. The smallest absolute Gasteiger partial charge is 0.306 e. The van der Waals surface area contributed by atoms with Gasteiger partial charge in [0, 0.05) is 19.3 Å². The Kier molecular flexibility index (Phi) is 41.5. The average molecular weight is 759 g/mol. The van der Waals surface area contributed by atoms with Gasteiger partial charge in [0.1, 0.15) is 13.2 Å². The fraction of sp³-hybridized carbons (Fsp3) is 0.812. The van der Waals surface area contributed by atoms with E-state index in [0.29, 0.717) is 19.3 Å². The molecule has 0 saturated carbocycles. The highest BCUT2D eigenvalue weighted by Gasteiger charge is 2.19. The summed E-state index contributed by atoms with van der Waals surface area (Å²) in [6.45, 7) is 6.48. The number of hydrogen-bond donors (Lipinski definition) is 0. The molecule has 0 aliphatic heterocycles. The summed E-state index contributed by atoms with van der Waals surface area (Å²) in [7, 11) is 0. The number of carbonyl (C=O) groups is 3. The average Bonchev–Trinajstić information content (AvgIpc) is 3.17. The van der Waals surface area contributed by atoms with Crippen LogP contribution >= 0.6 is 0 Å². The molecule has 6 heteroatoms. The summed E-state index contributed by atoms with van der Waals surface area (Å²) in [6.07, 6.45) is 48.4. The van der Waals surface area contributed by atoms with E-state index >= 15 is 0 Å². The van der Waals surface area contributed by atoms with Gasteiger partial charge in [0.2, 0.25) is 0 Å². The molecule has 1 unspecified atom stereocenters. The number of ether oxygens (including phenoxy) is 3. The number of rotatable bonds is 41. The Morgan fingerprint density at radius 1 is 0.389 bits per heavy atom. The van der Waals surface area contributed by atoms with Crippen LogP contribution in [-0.2, 0) is 28.6 Å². The van der Waals surface area contributed by atoms with E-state index in [0.717, 1.165) is 83.5 Å². The number of carbonyl (C=O) groups excluding carboxylic acids is 3. The van der Waals surface area contributed by atoms with Crippen LogP contribution in [0, 0.1) is 0 Å². The molecule has 0 heterocycles. The van der Waals surface area contributed by atoms with E-state index in [1.165, 1.54) is 109 Å². The van der Waals surface area contributed by atoms with Crippen molar-refractivity contribution >= 4 is 17.9 Å². The number of hydrogen-bond acceptors (Lipinski definition) is 6. The molecule has 0 bridgehead atoms. The first kappa shape index (κ1) is 51.6. The third kappa shape index (κ3) is 40.8. The van der Waals surface area contributed by atoms with Crippen molar-refractivity contribution in [1.82, 2.24) is 0 Å². The van der Waals surface area contributed by atoms with Crippen LogP contribution in [0.4, 0.5) is 0 Å². The number of unbranched alkanes of at least 4 members (excludes halogenated alkanes) is 24. The second-order valence-electron chi connectivity index (χ2n) is 15.3. The van der Waals surface area contributed by atoms with E-state index in [1.54, 1.807) is 0 Å². The van der Waals surface area contributed by atoms with E-state index in [-0.39, 0.29) is 31.1 Å². The van der Waals surface area contributed by atoms with Crippen molar-refractivity contribution in [3.8, 4) is 0 Å². The maximum Gasteiger partial charge on any atom is 0.306 e. The van der Waals surface area contributed by atoms with Gasteiger partial charge in [-0.1, -0.05) is 198 Å². The summed E-state index contributed by atoms with van der Waals surface area (Å²) in [5.41, 5.74) is 0. The lowest BCUT2D eigenvalue weighted by Crippen LogP contribution is -2.30. The van der Waals surface area contributed by atoms with Gasteiger partial charge in [0.15, 0.2) is 6.10 Å². The van der Waals surface area contributed by atoms with Crippen LogP contribution in [0.5, 0.6) is 0 Å².